The van der Waals surface area contributed by atoms with Gasteiger partial charge >= 0.3 is 6.18 Å². The number of nitrogens with one attached hydrogen (secondary N) is 1. The highest BCUT2D eigenvalue weighted by Crippen LogP contribution is 2.30. The first kappa shape index (κ1) is 17.3. The zero-order chi connectivity index (χ0) is 18.0. The van der Waals surface area contributed by atoms with Gasteiger partial charge in [-0.2, -0.15) is 13.2 Å². The molecule has 25 heavy (non-hydrogen) atoms. The molecule has 0 radical (unpaired) electrons. The van der Waals surface area contributed by atoms with E-state index >= 15 is 0 Å². The quantitative estimate of drug-likeness (QED) is 0.549. The first-order valence-electron chi connectivity index (χ1n) is 7.17. The van der Waals surface area contributed by atoms with Crippen LogP contribution in [0.1, 0.15) is 11.3 Å². The highest BCUT2D eigenvalue weighted by Gasteiger charge is 2.30. The Morgan fingerprint density at radius 3 is 2.68 bits per heavy atom. The second-order valence-electron chi connectivity index (χ2n) is 5.23. The average molecular weight is 410 g/mol. The Morgan fingerprint density at radius 1 is 1.12 bits per heavy atom. The second-order valence-corrected chi connectivity index (χ2v) is 6.15. The standard InChI is InChI=1S/C18H11BrF3NO2/c19-13-4-6-16-11(8-13)9-15(25-16)5-7-17(24)23-14-3-1-2-12(10-14)18(20,21)22/h1-10H,(H,23,24). The number of carbonyl (C=O) groups excluding carboxylic acids is 1. The van der Waals surface area contributed by atoms with E-state index in [1.165, 1.54) is 24.3 Å². The van der Waals surface area contributed by atoms with Crippen molar-refractivity contribution in [2.45, 2.75) is 6.18 Å². The van der Waals surface area contributed by atoms with Gasteiger partial charge in [-0.25, -0.2) is 0 Å². The molecule has 1 aromatic heterocycles. The van der Waals surface area contributed by atoms with E-state index in [9.17, 15) is 18.0 Å². The number of anilines is 1. The molecular weight excluding hydrogens is 399 g/mol. The molecule has 1 N–H and O–H groups in total. The fraction of sp³-hybridized carbons (Fsp3) is 0.0556. The Labute approximate surface area is 149 Å². The number of benzene rings is 2. The van der Waals surface area contributed by atoms with E-state index in [-0.39, 0.29) is 5.69 Å². The molecule has 1 heterocycles. The van der Waals surface area contributed by atoms with Crippen LogP contribution in [0, 0.1) is 0 Å². The van der Waals surface area contributed by atoms with E-state index < -0.39 is 17.6 Å². The summed E-state index contributed by atoms with van der Waals surface area (Å²) in [5.74, 6) is -0.0896. The molecular formula is C18H11BrF3NO2. The molecule has 0 atom stereocenters. The summed E-state index contributed by atoms with van der Waals surface area (Å²) in [6.45, 7) is 0. The summed E-state index contributed by atoms with van der Waals surface area (Å²) in [6.07, 6.45) is -1.80. The minimum atomic E-state index is -4.46. The van der Waals surface area contributed by atoms with Gasteiger partial charge in [0.15, 0.2) is 0 Å². The van der Waals surface area contributed by atoms with E-state index in [4.69, 9.17) is 4.42 Å². The molecule has 3 aromatic rings. The first-order chi connectivity index (χ1) is 11.8. The average Bonchev–Trinajstić information content (AvgIpc) is 2.94. The maximum Gasteiger partial charge on any atom is 0.416 e. The minimum absolute atomic E-state index is 0.0676. The number of alkyl halides is 3. The molecule has 0 bridgehead atoms. The Bertz CT molecular complexity index is 960. The molecule has 0 spiro atoms. The van der Waals surface area contributed by atoms with Crippen LogP contribution < -0.4 is 5.32 Å². The molecule has 2 aromatic carbocycles. The number of amides is 1. The van der Waals surface area contributed by atoms with E-state index in [0.717, 1.165) is 22.0 Å². The summed E-state index contributed by atoms with van der Waals surface area (Å²) >= 11 is 3.36. The topological polar surface area (TPSA) is 42.2 Å². The van der Waals surface area contributed by atoms with Gasteiger partial charge in [0, 0.05) is 21.6 Å². The van der Waals surface area contributed by atoms with E-state index in [1.54, 1.807) is 12.1 Å². The van der Waals surface area contributed by atoms with Gasteiger partial charge in [0.2, 0.25) is 5.91 Å². The third-order valence-electron chi connectivity index (χ3n) is 3.35. The fourth-order valence-corrected chi connectivity index (χ4v) is 2.61. The van der Waals surface area contributed by atoms with Crippen molar-refractivity contribution < 1.29 is 22.4 Å². The number of halogens is 4. The van der Waals surface area contributed by atoms with Gasteiger partial charge in [-0.05, 0) is 48.5 Å². The lowest BCUT2D eigenvalue weighted by Crippen LogP contribution is -2.10. The van der Waals surface area contributed by atoms with Gasteiger partial charge in [0.1, 0.15) is 11.3 Å². The molecule has 1 amide bonds. The second kappa shape index (κ2) is 6.76. The number of hydrogen-bond donors (Lipinski definition) is 1. The summed E-state index contributed by atoms with van der Waals surface area (Å²) in [7, 11) is 0. The lowest BCUT2D eigenvalue weighted by atomic mass is 10.2. The molecule has 0 aliphatic carbocycles. The van der Waals surface area contributed by atoms with Crippen LogP contribution in [0.5, 0.6) is 0 Å². The normalized spacial score (nSPS) is 12.0. The first-order valence-corrected chi connectivity index (χ1v) is 7.96. The summed E-state index contributed by atoms with van der Waals surface area (Å²) in [5, 5.41) is 3.26. The van der Waals surface area contributed by atoms with Crippen molar-refractivity contribution in [2.75, 3.05) is 5.32 Å². The van der Waals surface area contributed by atoms with Crippen LogP contribution in [-0.2, 0) is 11.0 Å². The SMILES string of the molecule is O=C(C=Cc1cc2cc(Br)ccc2o1)Nc1cccc(C(F)(F)F)c1. The third-order valence-corrected chi connectivity index (χ3v) is 3.85. The van der Waals surface area contributed by atoms with Crippen molar-refractivity contribution in [1.29, 1.82) is 0 Å². The van der Waals surface area contributed by atoms with E-state index in [2.05, 4.69) is 21.2 Å². The fourth-order valence-electron chi connectivity index (χ4n) is 2.23. The smallest absolute Gasteiger partial charge is 0.416 e. The monoisotopic (exact) mass is 409 g/mol. The van der Waals surface area contributed by atoms with Crippen molar-refractivity contribution in [2.24, 2.45) is 0 Å². The molecule has 3 nitrogen and oxygen atoms in total. The number of rotatable bonds is 3. The molecule has 3 rings (SSSR count). The van der Waals surface area contributed by atoms with E-state index in [0.29, 0.717) is 11.3 Å². The maximum absolute atomic E-state index is 12.7. The van der Waals surface area contributed by atoms with Crippen molar-refractivity contribution in [3.05, 3.63) is 70.4 Å². The molecule has 128 valence electrons. The highest BCUT2D eigenvalue weighted by molar-refractivity contribution is 9.10. The molecule has 0 unspecified atom stereocenters. The molecule has 0 saturated carbocycles. The zero-order valence-electron chi connectivity index (χ0n) is 12.6. The van der Waals surface area contributed by atoms with Gasteiger partial charge in [-0.1, -0.05) is 22.0 Å². The maximum atomic E-state index is 12.7. The lowest BCUT2D eigenvalue weighted by molar-refractivity contribution is -0.137. The lowest BCUT2D eigenvalue weighted by Gasteiger charge is -2.08. The van der Waals surface area contributed by atoms with Crippen LogP contribution in [0.25, 0.3) is 17.0 Å². The van der Waals surface area contributed by atoms with Gasteiger partial charge in [0.25, 0.3) is 0 Å². The third kappa shape index (κ3) is 4.30. The van der Waals surface area contributed by atoms with Crippen LogP contribution in [0.15, 0.2) is 63.5 Å². The van der Waals surface area contributed by atoms with Crippen LogP contribution in [-0.4, -0.2) is 5.91 Å². The van der Waals surface area contributed by atoms with Crippen LogP contribution in [0.2, 0.25) is 0 Å². The van der Waals surface area contributed by atoms with Crippen LogP contribution in [0.3, 0.4) is 0 Å². The predicted octanol–water partition coefficient (Wildman–Crippen LogP) is 5.87. The summed E-state index contributed by atoms with van der Waals surface area (Å²) in [4.78, 5) is 11.9. The number of hydrogen-bond acceptors (Lipinski definition) is 2. The van der Waals surface area contributed by atoms with Crippen molar-refractivity contribution in [3.63, 3.8) is 0 Å². The zero-order valence-corrected chi connectivity index (χ0v) is 14.2. The Morgan fingerprint density at radius 2 is 1.92 bits per heavy atom. The summed E-state index contributed by atoms with van der Waals surface area (Å²) in [5.41, 5.74) is -0.0868. The number of furan rings is 1. The Balaban J connectivity index is 1.72. The molecule has 0 aliphatic rings. The Hall–Kier alpha value is -2.54. The highest BCUT2D eigenvalue weighted by atomic mass is 79.9. The van der Waals surface area contributed by atoms with Crippen LogP contribution in [0.4, 0.5) is 18.9 Å². The van der Waals surface area contributed by atoms with E-state index in [1.807, 2.05) is 12.1 Å². The van der Waals surface area contributed by atoms with Crippen LogP contribution >= 0.6 is 15.9 Å². The number of carbonyl (C=O) groups is 1. The molecule has 0 fully saturated rings. The summed E-state index contributed by atoms with van der Waals surface area (Å²) in [6, 6.07) is 11.7. The summed E-state index contributed by atoms with van der Waals surface area (Å²) < 4.78 is 44.4. The Kier molecular flexibility index (Phi) is 4.67. The van der Waals surface area contributed by atoms with Gasteiger partial charge in [-0.15, -0.1) is 0 Å². The largest absolute Gasteiger partial charge is 0.457 e. The molecule has 7 heteroatoms. The van der Waals surface area contributed by atoms with Crippen molar-refractivity contribution >= 4 is 44.6 Å². The predicted molar refractivity (Wildman–Crippen MR) is 93.0 cm³/mol. The molecule has 0 aliphatic heterocycles. The van der Waals surface area contributed by atoms with Gasteiger partial charge in [0.05, 0.1) is 5.56 Å². The molecule has 0 saturated heterocycles. The number of fused-ring (bicyclic) bond motifs is 1. The van der Waals surface area contributed by atoms with Crippen molar-refractivity contribution in [3.8, 4) is 0 Å². The van der Waals surface area contributed by atoms with Gasteiger partial charge in [-0.3, -0.25) is 4.79 Å². The van der Waals surface area contributed by atoms with Gasteiger partial charge < -0.3 is 9.73 Å². The van der Waals surface area contributed by atoms with Crippen molar-refractivity contribution in [1.82, 2.24) is 0 Å². The minimum Gasteiger partial charge on any atom is -0.457 e.